The summed E-state index contributed by atoms with van der Waals surface area (Å²) in [7, 11) is 1.10. The predicted molar refractivity (Wildman–Crippen MR) is 135 cm³/mol. The number of rotatable bonds is 8. The number of hydrogen-bond acceptors (Lipinski definition) is 6. The number of ether oxygens (including phenoxy) is 3. The number of hydrogen-bond donors (Lipinski definition) is 0. The molecular weight excluding hydrogens is 451 g/mol. The highest BCUT2D eigenvalue weighted by Crippen LogP contribution is 2.47. The molecule has 1 unspecified atom stereocenters. The Labute approximate surface area is 200 Å². The molecule has 0 aliphatic heterocycles. The third kappa shape index (κ3) is 5.91. The van der Waals surface area contributed by atoms with Gasteiger partial charge < -0.3 is 14.2 Å². The Morgan fingerprint density at radius 3 is 2.15 bits per heavy atom. The van der Waals surface area contributed by atoms with Gasteiger partial charge in [0.05, 0.1) is 19.6 Å². The Hall–Kier alpha value is -3.44. The van der Waals surface area contributed by atoms with E-state index in [1.807, 2.05) is 98.5 Å². The summed E-state index contributed by atoms with van der Waals surface area (Å²) in [6, 6.07) is 24.8. The van der Waals surface area contributed by atoms with Crippen molar-refractivity contribution in [2.45, 2.75) is 20.5 Å². The standard InChI is InChI=1S/C25H22O6P.C2H6/c1-27-25(26)24-23(29-16-18-10-5-3-6-11-18)20-14-9-15-22(21(20)17-32(24)31-28-2)30-19-12-7-4-8-13-19;1-2/h3-15,17H,16H2,1-2H3;1-2H3/q+1;. The van der Waals surface area contributed by atoms with Crippen molar-refractivity contribution in [1.29, 1.82) is 0 Å². The number of esters is 1. The van der Waals surface area contributed by atoms with Gasteiger partial charge in [0, 0.05) is 5.39 Å². The van der Waals surface area contributed by atoms with Crippen molar-refractivity contribution in [2.24, 2.45) is 0 Å². The zero-order valence-corrected chi connectivity index (χ0v) is 20.6. The molecule has 0 fully saturated rings. The number of carbonyl (C=O) groups excluding carboxylic acids is 1. The summed E-state index contributed by atoms with van der Waals surface area (Å²) in [5.41, 5.74) is 0.967. The third-order valence-electron chi connectivity index (χ3n) is 4.72. The quantitative estimate of drug-likeness (QED) is 0.150. The van der Waals surface area contributed by atoms with E-state index in [0.29, 0.717) is 22.6 Å². The highest BCUT2D eigenvalue weighted by atomic mass is 31.1. The van der Waals surface area contributed by atoms with Crippen LogP contribution in [0.4, 0.5) is 0 Å². The SMILES string of the molecule is CC.COO[p+]1cc2c(Oc3ccccc3)cccc2c(OCc2ccccc2)c1C(=O)OC. The van der Waals surface area contributed by atoms with Crippen molar-refractivity contribution in [3.63, 3.8) is 0 Å². The van der Waals surface area contributed by atoms with Crippen molar-refractivity contribution in [1.82, 2.24) is 0 Å². The maximum atomic E-state index is 12.7. The largest absolute Gasteiger partial charge is 0.483 e. The number of carbonyl (C=O) groups is 1. The third-order valence-corrected chi connectivity index (χ3v) is 6.35. The number of fused-ring (bicyclic) bond motifs is 1. The van der Waals surface area contributed by atoms with Gasteiger partial charge in [-0.2, -0.15) is 4.89 Å². The van der Waals surface area contributed by atoms with Crippen LogP contribution in [0.15, 0.2) is 84.7 Å². The van der Waals surface area contributed by atoms with Crippen LogP contribution in [0, 0.1) is 0 Å². The van der Waals surface area contributed by atoms with Crippen molar-refractivity contribution < 1.29 is 28.6 Å². The molecule has 1 aromatic heterocycles. The van der Waals surface area contributed by atoms with Gasteiger partial charge in [0.25, 0.3) is 0 Å². The van der Waals surface area contributed by atoms with Gasteiger partial charge in [-0.1, -0.05) is 74.5 Å². The van der Waals surface area contributed by atoms with E-state index in [2.05, 4.69) is 0 Å². The number of benzene rings is 3. The summed E-state index contributed by atoms with van der Waals surface area (Å²) < 4.78 is 22.8. The first-order chi connectivity index (χ1) is 16.7. The van der Waals surface area contributed by atoms with Crippen LogP contribution < -0.4 is 14.1 Å². The van der Waals surface area contributed by atoms with E-state index < -0.39 is 13.7 Å². The number of para-hydroxylation sites is 1. The first-order valence-corrected chi connectivity index (χ1v) is 12.2. The minimum Gasteiger partial charge on any atom is -0.483 e. The van der Waals surface area contributed by atoms with Gasteiger partial charge in [-0.25, -0.2) is 4.79 Å². The molecule has 7 heteroatoms. The molecule has 3 aromatic carbocycles. The van der Waals surface area contributed by atoms with Crippen LogP contribution in [0.25, 0.3) is 10.8 Å². The molecule has 0 amide bonds. The van der Waals surface area contributed by atoms with Crippen molar-refractivity contribution in [3.8, 4) is 17.2 Å². The molecule has 1 atom stereocenters. The van der Waals surface area contributed by atoms with Gasteiger partial charge in [-0.3, -0.25) is 0 Å². The summed E-state index contributed by atoms with van der Waals surface area (Å²) in [6.07, 6.45) is 0. The molecule has 0 bridgehead atoms. The van der Waals surface area contributed by atoms with Gasteiger partial charge in [-0.05, 0) is 28.4 Å². The molecule has 6 nitrogen and oxygen atoms in total. The van der Waals surface area contributed by atoms with E-state index in [4.69, 9.17) is 23.8 Å². The lowest BCUT2D eigenvalue weighted by molar-refractivity contribution is -0.126. The monoisotopic (exact) mass is 479 g/mol. The average Bonchev–Trinajstić information content (AvgIpc) is 2.89. The lowest BCUT2D eigenvalue weighted by Gasteiger charge is -2.13. The van der Waals surface area contributed by atoms with Crippen LogP contribution >= 0.6 is 7.76 Å². The summed E-state index contributed by atoms with van der Waals surface area (Å²) in [5, 5.41) is 1.76. The lowest BCUT2D eigenvalue weighted by atomic mass is 10.1. The predicted octanol–water partition coefficient (Wildman–Crippen LogP) is 7.28. The van der Waals surface area contributed by atoms with Crippen LogP contribution in [0.5, 0.6) is 17.2 Å². The minimum atomic E-state index is -1.62. The molecule has 0 N–H and O–H groups in total. The van der Waals surface area contributed by atoms with E-state index in [1.54, 1.807) is 0 Å². The zero-order valence-electron chi connectivity index (χ0n) is 19.7. The van der Waals surface area contributed by atoms with Gasteiger partial charge in [-0.15, -0.1) is 0 Å². The Morgan fingerprint density at radius 1 is 0.824 bits per heavy atom. The van der Waals surface area contributed by atoms with Crippen LogP contribution in [0.2, 0.25) is 0 Å². The van der Waals surface area contributed by atoms with E-state index in [1.165, 1.54) is 14.2 Å². The fourth-order valence-electron chi connectivity index (χ4n) is 3.28. The normalized spacial score (nSPS) is 10.8. The molecule has 0 spiro atoms. The molecular formula is C27H28O6P+. The molecule has 0 saturated carbocycles. The smallest absolute Gasteiger partial charge is 0.388 e. The molecule has 0 aliphatic rings. The first kappa shape index (κ1) is 25.2. The second-order valence-corrected chi connectivity index (χ2v) is 8.28. The minimum absolute atomic E-state index is 0.274. The topological polar surface area (TPSA) is 63.2 Å². The van der Waals surface area contributed by atoms with Gasteiger partial charge in [0.15, 0.2) is 11.5 Å². The molecule has 0 radical (unpaired) electrons. The first-order valence-electron chi connectivity index (χ1n) is 10.9. The second-order valence-electron chi connectivity index (χ2n) is 6.77. The van der Waals surface area contributed by atoms with E-state index in [9.17, 15) is 4.79 Å². The highest BCUT2D eigenvalue weighted by Gasteiger charge is 2.35. The Balaban J connectivity index is 0.00000158. The summed E-state index contributed by atoms with van der Waals surface area (Å²) in [6.45, 7) is 4.27. The summed E-state index contributed by atoms with van der Waals surface area (Å²) >= 11 is 0. The molecule has 34 heavy (non-hydrogen) atoms. The average molecular weight is 479 g/mol. The Morgan fingerprint density at radius 2 is 1.50 bits per heavy atom. The second kappa shape index (κ2) is 12.7. The summed E-state index contributed by atoms with van der Waals surface area (Å²) in [5.74, 6) is 2.99. The maximum absolute atomic E-state index is 12.7. The van der Waals surface area contributed by atoms with Crippen molar-refractivity contribution >= 4 is 24.5 Å². The van der Waals surface area contributed by atoms with Crippen LogP contribution in [-0.4, -0.2) is 20.2 Å². The highest BCUT2D eigenvalue weighted by molar-refractivity contribution is 7.46. The number of methoxy groups -OCH3 is 1. The van der Waals surface area contributed by atoms with Crippen LogP contribution in [0.3, 0.4) is 0 Å². The van der Waals surface area contributed by atoms with Gasteiger partial charge in [0.2, 0.25) is 0 Å². The summed E-state index contributed by atoms with van der Waals surface area (Å²) in [4.78, 5) is 17.7. The molecule has 176 valence electrons. The Kier molecular flexibility index (Phi) is 9.41. The van der Waals surface area contributed by atoms with Crippen LogP contribution in [0.1, 0.15) is 29.5 Å². The maximum Gasteiger partial charge on any atom is 0.388 e. The fraction of sp³-hybridized carbons (Fsp3) is 0.185. The molecule has 4 aromatic rings. The molecule has 0 aliphatic carbocycles. The van der Waals surface area contributed by atoms with E-state index in [-0.39, 0.29) is 11.9 Å². The molecule has 0 saturated heterocycles. The van der Waals surface area contributed by atoms with Gasteiger partial charge in [0.1, 0.15) is 18.1 Å². The van der Waals surface area contributed by atoms with Crippen molar-refractivity contribution in [2.75, 3.05) is 14.2 Å². The molecule has 1 heterocycles. The van der Waals surface area contributed by atoms with Crippen molar-refractivity contribution in [3.05, 3.63) is 95.5 Å². The van der Waals surface area contributed by atoms with Gasteiger partial charge >= 0.3 is 19.0 Å². The zero-order chi connectivity index (χ0) is 24.3. The van der Waals surface area contributed by atoms with Crippen LogP contribution in [-0.2, 0) is 16.2 Å². The fourth-order valence-corrected chi connectivity index (χ4v) is 4.85. The molecule has 4 rings (SSSR count). The Bertz CT molecular complexity index is 1210. The van der Waals surface area contributed by atoms with E-state index >= 15 is 0 Å². The lowest BCUT2D eigenvalue weighted by Crippen LogP contribution is -2.08. The van der Waals surface area contributed by atoms with E-state index in [0.717, 1.165) is 10.9 Å².